The number of carbonyl (C=O) groups excluding carboxylic acids is 1. The molecule has 2 heterocycles. The van der Waals surface area contributed by atoms with Crippen molar-refractivity contribution >= 4 is 5.91 Å². The standard InChI is InChI=1S/C17H19N3O2/c1-12-3-6-15(7-4-12)22-17-18-9-14(10-19-17)11-20-13(2)5-8-16(20)21/h3-4,6-7,9-10,13H,5,8,11H2,1-2H3/t13-/m0/s1. The van der Waals surface area contributed by atoms with Crippen LogP contribution in [0.5, 0.6) is 11.8 Å². The smallest absolute Gasteiger partial charge is 0.321 e. The molecular weight excluding hydrogens is 278 g/mol. The van der Waals surface area contributed by atoms with Crippen LogP contribution < -0.4 is 4.74 Å². The monoisotopic (exact) mass is 297 g/mol. The molecule has 1 aromatic carbocycles. The van der Waals surface area contributed by atoms with Gasteiger partial charge in [-0.15, -0.1) is 0 Å². The van der Waals surface area contributed by atoms with Gasteiger partial charge in [-0.3, -0.25) is 4.79 Å². The molecule has 1 saturated heterocycles. The number of amides is 1. The van der Waals surface area contributed by atoms with Crippen molar-refractivity contribution in [3.8, 4) is 11.8 Å². The molecule has 0 bridgehead atoms. The van der Waals surface area contributed by atoms with E-state index in [1.807, 2.05) is 36.1 Å². The van der Waals surface area contributed by atoms with Gasteiger partial charge in [0.05, 0.1) is 0 Å². The van der Waals surface area contributed by atoms with E-state index < -0.39 is 0 Å². The molecular formula is C17H19N3O2. The van der Waals surface area contributed by atoms with Crippen LogP contribution in [0.4, 0.5) is 0 Å². The summed E-state index contributed by atoms with van der Waals surface area (Å²) in [6.07, 6.45) is 4.99. The number of aromatic nitrogens is 2. The minimum atomic E-state index is 0.201. The molecule has 1 fully saturated rings. The Hall–Kier alpha value is -2.43. The van der Waals surface area contributed by atoms with Gasteiger partial charge in [0.25, 0.3) is 0 Å². The fourth-order valence-corrected chi connectivity index (χ4v) is 2.51. The fraction of sp³-hybridized carbons (Fsp3) is 0.353. The molecule has 5 nitrogen and oxygen atoms in total. The Morgan fingerprint density at radius 3 is 2.50 bits per heavy atom. The lowest BCUT2D eigenvalue weighted by atomic mass is 10.2. The van der Waals surface area contributed by atoms with Gasteiger partial charge in [-0.1, -0.05) is 17.7 Å². The first-order valence-electron chi connectivity index (χ1n) is 7.47. The van der Waals surface area contributed by atoms with E-state index in [4.69, 9.17) is 4.74 Å². The van der Waals surface area contributed by atoms with Crippen molar-refractivity contribution in [2.45, 2.75) is 39.3 Å². The molecule has 3 rings (SSSR count). The summed E-state index contributed by atoms with van der Waals surface area (Å²) in [6, 6.07) is 8.33. The van der Waals surface area contributed by atoms with Crippen LogP contribution in [0.25, 0.3) is 0 Å². The molecule has 0 spiro atoms. The molecule has 2 aromatic rings. The average Bonchev–Trinajstić information content (AvgIpc) is 2.83. The molecule has 0 saturated carbocycles. The van der Waals surface area contributed by atoms with E-state index in [-0.39, 0.29) is 11.9 Å². The van der Waals surface area contributed by atoms with Crippen molar-refractivity contribution in [1.29, 1.82) is 0 Å². The van der Waals surface area contributed by atoms with E-state index in [9.17, 15) is 4.79 Å². The second-order valence-corrected chi connectivity index (χ2v) is 5.70. The van der Waals surface area contributed by atoms with E-state index in [0.717, 1.165) is 12.0 Å². The van der Waals surface area contributed by atoms with E-state index in [1.165, 1.54) is 5.56 Å². The predicted molar refractivity (Wildman–Crippen MR) is 82.5 cm³/mol. The highest BCUT2D eigenvalue weighted by Crippen LogP contribution is 2.21. The Kier molecular flexibility index (Phi) is 4.04. The third-order valence-corrected chi connectivity index (χ3v) is 3.89. The zero-order valence-electron chi connectivity index (χ0n) is 12.8. The van der Waals surface area contributed by atoms with E-state index in [0.29, 0.717) is 24.7 Å². The maximum Gasteiger partial charge on any atom is 0.321 e. The number of nitrogens with zero attached hydrogens (tertiary/aromatic N) is 3. The van der Waals surface area contributed by atoms with Crippen LogP contribution in [-0.4, -0.2) is 26.8 Å². The van der Waals surface area contributed by atoms with E-state index in [1.54, 1.807) is 12.4 Å². The van der Waals surface area contributed by atoms with Crippen LogP contribution in [0.2, 0.25) is 0 Å². The molecule has 0 aliphatic carbocycles. The number of aryl methyl sites for hydroxylation is 1. The van der Waals surface area contributed by atoms with Gasteiger partial charge < -0.3 is 9.64 Å². The Balaban J connectivity index is 1.65. The molecule has 1 atom stereocenters. The zero-order chi connectivity index (χ0) is 15.5. The Bertz CT molecular complexity index is 653. The van der Waals surface area contributed by atoms with Gasteiger partial charge >= 0.3 is 6.01 Å². The van der Waals surface area contributed by atoms with Crippen LogP contribution in [0.15, 0.2) is 36.7 Å². The first-order valence-corrected chi connectivity index (χ1v) is 7.47. The summed E-state index contributed by atoms with van der Waals surface area (Å²) in [7, 11) is 0. The van der Waals surface area contributed by atoms with Crippen LogP contribution in [-0.2, 0) is 11.3 Å². The highest BCUT2D eigenvalue weighted by Gasteiger charge is 2.27. The molecule has 114 valence electrons. The number of carbonyl (C=O) groups is 1. The first-order chi connectivity index (χ1) is 10.6. The minimum Gasteiger partial charge on any atom is -0.424 e. The molecule has 1 aliphatic rings. The molecule has 1 amide bonds. The van der Waals surface area contributed by atoms with Crippen molar-refractivity contribution in [2.75, 3.05) is 0 Å². The molecule has 1 aromatic heterocycles. The number of hydrogen-bond donors (Lipinski definition) is 0. The average molecular weight is 297 g/mol. The number of rotatable bonds is 4. The number of benzene rings is 1. The number of likely N-dealkylation sites (tertiary alicyclic amines) is 1. The molecule has 0 unspecified atom stereocenters. The summed E-state index contributed by atoms with van der Waals surface area (Å²) in [5.41, 5.74) is 2.09. The third-order valence-electron chi connectivity index (χ3n) is 3.89. The van der Waals surface area contributed by atoms with Crippen molar-refractivity contribution in [3.05, 3.63) is 47.8 Å². The van der Waals surface area contributed by atoms with E-state index in [2.05, 4.69) is 16.9 Å². The van der Waals surface area contributed by atoms with Gasteiger partial charge in [-0.25, -0.2) is 9.97 Å². The Labute approximate surface area is 130 Å². The molecule has 0 N–H and O–H groups in total. The number of hydrogen-bond acceptors (Lipinski definition) is 4. The lowest BCUT2D eigenvalue weighted by Gasteiger charge is -2.21. The summed E-state index contributed by atoms with van der Waals surface area (Å²) in [5.74, 6) is 0.911. The second kappa shape index (κ2) is 6.13. The van der Waals surface area contributed by atoms with Gasteiger partial charge in [0.15, 0.2) is 0 Å². The van der Waals surface area contributed by atoms with Gasteiger partial charge in [0.1, 0.15) is 5.75 Å². The summed E-state index contributed by atoms with van der Waals surface area (Å²) >= 11 is 0. The molecule has 5 heteroatoms. The van der Waals surface area contributed by atoms with Gasteiger partial charge in [0, 0.05) is 37.0 Å². The topological polar surface area (TPSA) is 55.3 Å². The first kappa shape index (κ1) is 14.5. The van der Waals surface area contributed by atoms with Crippen molar-refractivity contribution in [3.63, 3.8) is 0 Å². The van der Waals surface area contributed by atoms with Crippen molar-refractivity contribution in [1.82, 2.24) is 14.9 Å². The maximum absolute atomic E-state index is 11.8. The highest BCUT2D eigenvalue weighted by atomic mass is 16.5. The van der Waals surface area contributed by atoms with Gasteiger partial charge in [-0.05, 0) is 32.4 Å². The minimum absolute atomic E-state index is 0.201. The van der Waals surface area contributed by atoms with Crippen molar-refractivity contribution in [2.24, 2.45) is 0 Å². The van der Waals surface area contributed by atoms with Crippen LogP contribution in [0.1, 0.15) is 30.9 Å². The Morgan fingerprint density at radius 2 is 1.91 bits per heavy atom. The summed E-state index contributed by atoms with van der Waals surface area (Å²) in [6.45, 7) is 4.65. The SMILES string of the molecule is Cc1ccc(Oc2ncc(CN3C(=O)CC[C@@H]3C)cn2)cc1. The second-order valence-electron chi connectivity index (χ2n) is 5.70. The number of ether oxygens (including phenoxy) is 1. The van der Waals surface area contributed by atoms with Crippen LogP contribution >= 0.6 is 0 Å². The van der Waals surface area contributed by atoms with Crippen molar-refractivity contribution < 1.29 is 9.53 Å². The van der Waals surface area contributed by atoms with Gasteiger partial charge in [-0.2, -0.15) is 0 Å². The summed E-state index contributed by atoms with van der Waals surface area (Å²) in [5, 5.41) is 0. The van der Waals surface area contributed by atoms with E-state index >= 15 is 0 Å². The predicted octanol–water partition coefficient (Wildman–Crippen LogP) is 3.09. The maximum atomic E-state index is 11.8. The lowest BCUT2D eigenvalue weighted by molar-refractivity contribution is -0.129. The quantitative estimate of drug-likeness (QED) is 0.870. The van der Waals surface area contributed by atoms with Crippen LogP contribution in [0, 0.1) is 6.92 Å². The van der Waals surface area contributed by atoms with Gasteiger partial charge in [0.2, 0.25) is 5.91 Å². The molecule has 0 radical (unpaired) electrons. The zero-order valence-corrected chi connectivity index (χ0v) is 12.8. The largest absolute Gasteiger partial charge is 0.424 e. The Morgan fingerprint density at radius 1 is 1.23 bits per heavy atom. The normalized spacial score (nSPS) is 17.8. The highest BCUT2D eigenvalue weighted by molar-refractivity contribution is 5.78. The molecule has 1 aliphatic heterocycles. The van der Waals surface area contributed by atoms with Crippen LogP contribution in [0.3, 0.4) is 0 Å². The fourth-order valence-electron chi connectivity index (χ4n) is 2.51. The molecule has 22 heavy (non-hydrogen) atoms. The summed E-state index contributed by atoms with van der Waals surface area (Å²) < 4.78 is 5.60. The summed E-state index contributed by atoms with van der Waals surface area (Å²) in [4.78, 5) is 22.1. The third kappa shape index (κ3) is 3.24. The lowest BCUT2D eigenvalue weighted by Crippen LogP contribution is -2.30.